The lowest BCUT2D eigenvalue weighted by Crippen LogP contribution is -2.28. The van der Waals surface area contributed by atoms with Crippen LogP contribution in [0.2, 0.25) is 24.8 Å². The predicted molar refractivity (Wildman–Crippen MR) is 82.9 cm³/mol. The molecule has 18 heavy (non-hydrogen) atoms. The summed E-state index contributed by atoms with van der Waals surface area (Å²) in [5.74, 6) is 0. The Kier molecular flexibility index (Phi) is 8.27. The molecule has 0 amide bonds. The highest BCUT2D eigenvalue weighted by atomic mass is 28.4. The van der Waals surface area contributed by atoms with Crippen LogP contribution in [0.25, 0.3) is 0 Å². The standard InChI is InChI=1S/C13H28O3Si2/c1-6-12(3)17-10-18(4,5)9-7-8-11(2)16-13(14)15/h6,11H,7-10,17H2,1-5H3,(H,14,15). The Morgan fingerprint density at radius 3 is 2.61 bits per heavy atom. The van der Waals surface area contributed by atoms with Gasteiger partial charge >= 0.3 is 6.16 Å². The van der Waals surface area contributed by atoms with Gasteiger partial charge in [0.15, 0.2) is 0 Å². The summed E-state index contributed by atoms with van der Waals surface area (Å²) in [6.45, 7) is 11.1. The van der Waals surface area contributed by atoms with Crippen LogP contribution in [0.1, 0.15) is 33.6 Å². The Balaban J connectivity index is 3.85. The van der Waals surface area contributed by atoms with Crippen molar-refractivity contribution in [3.05, 3.63) is 11.3 Å². The van der Waals surface area contributed by atoms with E-state index in [0.717, 1.165) is 12.8 Å². The van der Waals surface area contributed by atoms with Gasteiger partial charge in [-0.3, -0.25) is 0 Å². The molecular weight excluding hydrogens is 260 g/mol. The molecule has 3 nitrogen and oxygen atoms in total. The first kappa shape index (κ1) is 17.4. The van der Waals surface area contributed by atoms with Crippen LogP contribution in [0.3, 0.4) is 0 Å². The third-order valence-corrected chi connectivity index (χ3v) is 12.8. The molecule has 5 heteroatoms. The zero-order chi connectivity index (χ0) is 14.2. The van der Waals surface area contributed by atoms with Gasteiger partial charge in [0.1, 0.15) is 6.10 Å². The van der Waals surface area contributed by atoms with Crippen molar-refractivity contribution in [2.24, 2.45) is 0 Å². The van der Waals surface area contributed by atoms with Gasteiger partial charge in [0.05, 0.1) is 0 Å². The lowest BCUT2D eigenvalue weighted by atomic mass is 10.2. The van der Waals surface area contributed by atoms with Crippen molar-refractivity contribution in [3.8, 4) is 0 Å². The molecule has 0 rings (SSSR count). The highest BCUT2D eigenvalue weighted by Gasteiger charge is 2.20. The van der Waals surface area contributed by atoms with E-state index in [-0.39, 0.29) is 15.6 Å². The Morgan fingerprint density at radius 2 is 2.11 bits per heavy atom. The van der Waals surface area contributed by atoms with Crippen molar-refractivity contribution < 1.29 is 14.6 Å². The normalized spacial score (nSPS) is 15.1. The second-order valence-corrected chi connectivity index (χ2v) is 14.3. The fourth-order valence-corrected chi connectivity index (χ4v) is 8.64. The van der Waals surface area contributed by atoms with E-state index >= 15 is 0 Å². The monoisotopic (exact) mass is 288 g/mol. The number of hydrogen-bond acceptors (Lipinski definition) is 2. The average molecular weight is 289 g/mol. The Labute approximate surface area is 114 Å². The third-order valence-electron chi connectivity index (χ3n) is 3.46. The number of rotatable bonds is 8. The summed E-state index contributed by atoms with van der Waals surface area (Å²) in [7, 11) is -1.11. The Hall–Kier alpha value is -0.556. The van der Waals surface area contributed by atoms with Crippen molar-refractivity contribution in [3.63, 3.8) is 0 Å². The number of allylic oxidation sites excluding steroid dienone is 2. The largest absolute Gasteiger partial charge is 0.506 e. The fraction of sp³-hybridized carbons (Fsp3) is 0.769. The number of carbonyl (C=O) groups is 1. The van der Waals surface area contributed by atoms with Gasteiger partial charge < -0.3 is 9.84 Å². The molecule has 0 heterocycles. The molecule has 1 atom stereocenters. The van der Waals surface area contributed by atoms with Crippen molar-refractivity contribution in [1.29, 1.82) is 0 Å². The van der Waals surface area contributed by atoms with Crippen LogP contribution in [0, 0.1) is 0 Å². The molecule has 0 aromatic carbocycles. The van der Waals surface area contributed by atoms with Crippen LogP contribution >= 0.6 is 0 Å². The van der Waals surface area contributed by atoms with Gasteiger partial charge in [-0.1, -0.05) is 42.5 Å². The number of hydrogen-bond donors (Lipinski definition) is 1. The molecule has 0 bridgehead atoms. The van der Waals surface area contributed by atoms with E-state index in [0.29, 0.717) is 0 Å². The van der Waals surface area contributed by atoms with Crippen LogP contribution in [-0.2, 0) is 4.74 Å². The second kappa shape index (κ2) is 8.53. The van der Waals surface area contributed by atoms with Crippen LogP contribution in [0.4, 0.5) is 4.79 Å². The van der Waals surface area contributed by atoms with Crippen LogP contribution in [0.15, 0.2) is 11.3 Å². The first-order chi connectivity index (χ1) is 8.26. The molecular formula is C13H28O3Si2. The topological polar surface area (TPSA) is 46.5 Å². The molecule has 0 fully saturated rings. The van der Waals surface area contributed by atoms with Crippen molar-refractivity contribution in [1.82, 2.24) is 0 Å². The van der Waals surface area contributed by atoms with E-state index in [1.807, 2.05) is 6.92 Å². The van der Waals surface area contributed by atoms with Crippen LogP contribution < -0.4 is 0 Å². The number of carboxylic acid groups (broad SMARTS) is 1. The van der Waals surface area contributed by atoms with Crippen LogP contribution in [-0.4, -0.2) is 35.0 Å². The van der Waals surface area contributed by atoms with Crippen LogP contribution in [0.5, 0.6) is 0 Å². The lowest BCUT2D eigenvalue weighted by molar-refractivity contribution is 0.0555. The number of ether oxygens (including phenoxy) is 1. The molecule has 0 saturated carbocycles. The minimum Gasteiger partial charge on any atom is -0.450 e. The first-order valence-corrected chi connectivity index (χ1v) is 11.9. The second-order valence-electron chi connectivity index (χ2n) is 5.89. The van der Waals surface area contributed by atoms with E-state index in [1.54, 1.807) is 5.20 Å². The van der Waals surface area contributed by atoms with Gasteiger partial charge in [0.2, 0.25) is 0 Å². The fourth-order valence-electron chi connectivity index (χ4n) is 1.90. The van der Waals surface area contributed by atoms with Gasteiger partial charge in [-0.15, -0.1) is 0 Å². The summed E-state index contributed by atoms with van der Waals surface area (Å²) in [5, 5.41) is 10.1. The smallest absolute Gasteiger partial charge is 0.450 e. The van der Waals surface area contributed by atoms with E-state index in [1.165, 1.54) is 11.7 Å². The summed E-state index contributed by atoms with van der Waals surface area (Å²) in [5.41, 5.74) is 1.46. The lowest BCUT2D eigenvalue weighted by Gasteiger charge is -2.23. The highest BCUT2D eigenvalue weighted by molar-refractivity contribution is 6.85. The minimum absolute atomic E-state index is 0.0365. The molecule has 0 aliphatic rings. The average Bonchev–Trinajstić information content (AvgIpc) is 2.24. The van der Waals surface area contributed by atoms with E-state index in [2.05, 4.69) is 33.0 Å². The van der Waals surface area contributed by atoms with Gasteiger partial charge in [-0.05, 0) is 27.2 Å². The minimum atomic E-state index is -1.16. The summed E-state index contributed by atoms with van der Waals surface area (Å²) in [6.07, 6.45) is 2.88. The Bertz CT molecular complexity index is 288. The molecule has 106 valence electrons. The molecule has 0 aromatic rings. The summed E-state index contributed by atoms with van der Waals surface area (Å²) < 4.78 is 4.71. The molecule has 0 aliphatic heterocycles. The molecule has 0 aromatic heterocycles. The van der Waals surface area contributed by atoms with E-state index in [9.17, 15) is 4.79 Å². The highest BCUT2D eigenvalue weighted by Crippen LogP contribution is 2.20. The van der Waals surface area contributed by atoms with Gasteiger partial charge in [0, 0.05) is 17.6 Å². The summed E-state index contributed by atoms with van der Waals surface area (Å²) in [4.78, 5) is 10.4. The van der Waals surface area contributed by atoms with Crippen molar-refractivity contribution >= 4 is 23.7 Å². The summed E-state index contributed by atoms with van der Waals surface area (Å²) >= 11 is 0. The van der Waals surface area contributed by atoms with Crippen molar-refractivity contribution in [2.45, 2.75) is 64.5 Å². The van der Waals surface area contributed by atoms with E-state index in [4.69, 9.17) is 9.84 Å². The molecule has 0 aliphatic carbocycles. The molecule has 1 unspecified atom stereocenters. The Morgan fingerprint density at radius 1 is 1.50 bits per heavy atom. The maximum absolute atomic E-state index is 10.4. The maximum atomic E-state index is 10.4. The molecule has 1 N–H and O–H groups in total. The zero-order valence-corrected chi connectivity index (χ0v) is 14.9. The molecule has 0 spiro atoms. The predicted octanol–water partition coefficient (Wildman–Crippen LogP) is 3.61. The zero-order valence-electron chi connectivity index (χ0n) is 12.5. The van der Waals surface area contributed by atoms with Gasteiger partial charge in [-0.2, -0.15) is 0 Å². The summed E-state index contributed by atoms with van der Waals surface area (Å²) in [6, 6.07) is 1.28. The van der Waals surface area contributed by atoms with Crippen molar-refractivity contribution in [2.75, 3.05) is 0 Å². The third kappa shape index (κ3) is 9.47. The SMILES string of the molecule is CC=C(C)[SiH2]C[Si](C)(C)CCCC(C)OC(=O)O. The maximum Gasteiger partial charge on any atom is 0.506 e. The quantitative estimate of drug-likeness (QED) is 0.548. The van der Waals surface area contributed by atoms with Gasteiger partial charge in [-0.25, -0.2) is 4.79 Å². The molecule has 0 radical (unpaired) electrons. The first-order valence-electron chi connectivity index (χ1n) is 6.78. The van der Waals surface area contributed by atoms with E-state index < -0.39 is 14.2 Å². The molecule has 0 saturated heterocycles. The van der Waals surface area contributed by atoms with Gasteiger partial charge in [0.25, 0.3) is 0 Å².